The minimum absolute atomic E-state index is 0.0593. The number of hydrogen-bond acceptors (Lipinski definition) is 6. The Kier molecular flexibility index (Phi) is 6.35. The van der Waals surface area contributed by atoms with Crippen molar-refractivity contribution in [3.63, 3.8) is 0 Å². The average Bonchev–Trinajstić information content (AvgIpc) is 3.22. The van der Waals surface area contributed by atoms with Crippen LogP contribution in [0, 0.1) is 13.8 Å². The molecular weight excluding hydrogens is 426 g/mol. The van der Waals surface area contributed by atoms with Crippen LogP contribution in [0.1, 0.15) is 22.1 Å². The van der Waals surface area contributed by atoms with E-state index in [0.29, 0.717) is 0 Å². The number of aryl methyl sites for hydroxylation is 2. The van der Waals surface area contributed by atoms with E-state index in [1.165, 1.54) is 37.6 Å². The van der Waals surface area contributed by atoms with Gasteiger partial charge in [0, 0.05) is 6.54 Å². The van der Waals surface area contributed by atoms with Crippen molar-refractivity contribution in [1.29, 1.82) is 0 Å². The van der Waals surface area contributed by atoms with Crippen LogP contribution >= 0.6 is 0 Å². The van der Waals surface area contributed by atoms with Crippen molar-refractivity contribution in [3.8, 4) is 5.75 Å². The summed E-state index contributed by atoms with van der Waals surface area (Å²) in [7, 11) is -6.59. The zero-order valence-corrected chi connectivity index (χ0v) is 18.5. The van der Waals surface area contributed by atoms with Crippen molar-refractivity contribution in [1.82, 2.24) is 4.72 Å². The second-order valence-corrected chi connectivity index (χ2v) is 10.7. The predicted octanol–water partition coefficient (Wildman–Crippen LogP) is 3.40. The van der Waals surface area contributed by atoms with Gasteiger partial charge in [0.2, 0.25) is 10.0 Å². The number of sulfone groups is 1. The van der Waals surface area contributed by atoms with Crippen LogP contribution in [-0.2, 0) is 19.9 Å². The lowest BCUT2D eigenvalue weighted by atomic mass is 10.2. The summed E-state index contributed by atoms with van der Waals surface area (Å²) in [5, 5.41) is -1.24. The van der Waals surface area contributed by atoms with E-state index in [1.807, 2.05) is 6.92 Å². The fourth-order valence-electron chi connectivity index (χ4n) is 2.99. The fourth-order valence-corrected chi connectivity index (χ4v) is 5.98. The Morgan fingerprint density at radius 1 is 0.967 bits per heavy atom. The Bertz CT molecular complexity index is 1220. The van der Waals surface area contributed by atoms with E-state index < -0.39 is 31.7 Å². The first-order chi connectivity index (χ1) is 14.1. The third-order valence-corrected chi connectivity index (χ3v) is 8.17. The predicted molar refractivity (Wildman–Crippen MR) is 113 cm³/mol. The molecule has 0 saturated heterocycles. The van der Waals surface area contributed by atoms with E-state index in [2.05, 4.69) is 4.72 Å². The first-order valence-corrected chi connectivity index (χ1v) is 12.2. The fraction of sp³-hybridized carbons (Fsp3) is 0.238. The van der Waals surface area contributed by atoms with E-state index in [1.54, 1.807) is 37.3 Å². The lowest BCUT2D eigenvalue weighted by molar-refractivity contribution is 0.402. The van der Waals surface area contributed by atoms with E-state index in [-0.39, 0.29) is 21.3 Å². The highest BCUT2D eigenvalue weighted by Crippen LogP contribution is 2.30. The van der Waals surface area contributed by atoms with Crippen LogP contribution in [0.2, 0.25) is 0 Å². The van der Waals surface area contributed by atoms with Gasteiger partial charge in [-0.25, -0.2) is 21.6 Å². The van der Waals surface area contributed by atoms with Crippen molar-refractivity contribution in [2.45, 2.75) is 28.9 Å². The highest BCUT2D eigenvalue weighted by molar-refractivity contribution is 7.92. The quantitative estimate of drug-likeness (QED) is 0.565. The number of benzene rings is 2. The molecule has 0 unspecified atom stereocenters. The molecule has 3 aromatic rings. The van der Waals surface area contributed by atoms with Gasteiger partial charge in [0.15, 0.2) is 9.84 Å². The maximum Gasteiger partial charge on any atom is 0.244 e. The van der Waals surface area contributed by atoms with Gasteiger partial charge in [-0.05, 0) is 55.8 Å². The molecule has 30 heavy (non-hydrogen) atoms. The van der Waals surface area contributed by atoms with Gasteiger partial charge in [-0.15, -0.1) is 0 Å². The SMILES string of the molecule is COc1ccc(C)cc1S(=O)(=O)NC[C@H](c1ccco1)S(=O)(=O)c1ccc(C)cc1. The van der Waals surface area contributed by atoms with Crippen LogP contribution in [-0.4, -0.2) is 30.5 Å². The molecule has 1 aromatic heterocycles. The van der Waals surface area contributed by atoms with Crippen LogP contribution in [0.4, 0.5) is 0 Å². The number of nitrogens with one attached hydrogen (secondary N) is 1. The lowest BCUT2D eigenvalue weighted by Gasteiger charge is -2.18. The Balaban J connectivity index is 1.96. The number of sulfonamides is 1. The second-order valence-electron chi connectivity index (χ2n) is 6.87. The minimum atomic E-state index is -4.04. The second kappa shape index (κ2) is 8.63. The van der Waals surface area contributed by atoms with Gasteiger partial charge < -0.3 is 9.15 Å². The molecule has 0 bridgehead atoms. The highest BCUT2D eigenvalue weighted by Gasteiger charge is 2.33. The Morgan fingerprint density at radius 2 is 1.63 bits per heavy atom. The first kappa shape index (κ1) is 22.1. The van der Waals surface area contributed by atoms with E-state index in [4.69, 9.17) is 9.15 Å². The summed E-state index contributed by atoms with van der Waals surface area (Å²) < 4.78 is 65.3. The monoisotopic (exact) mass is 449 g/mol. The molecule has 2 aromatic carbocycles. The summed E-state index contributed by atoms with van der Waals surface area (Å²) in [6.07, 6.45) is 1.35. The standard InChI is InChI=1S/C21H23NO6S2/c1-15-6-9-17(10-7-15)29(23,24)21(19-5-4-12-28-19)14-22-30(25,26)20-13-16(2)8-11-18(20)27-3/h4-13,21-22H,14H2,1-3H3/t21-/m1/s1. The Morgan fingerprint density at radius 3 is 2.23 bits per heavy atom. The smallest absolute Gasteiger partial charge is 0.244 e. The highest BCUT2D eigenvalue weighted by atomic mass is 32.2. The van der Waals surface area contributed by atoms with Gasteiger partial charge in [0.25, 0.3) is 0 Å². The molecule has 0 spiro atoms. The summed E-state index contributed by atoms with van der Waals surface area (Å²) >= 11 is 0. The normalized spacial score (nSPS) is 13.2. The summed E-state index contributed by atoms with van der Waals surface area (Å²) in [5.74, 6) is 0.318. The van der Waals surface area contributed by atoms with Crippen LogP contribution in [0.15, 0.2) is 75.1 Å². The number of hydrogen-bond donors (Lipinski definition) is 1. The molecule has 0 radical (unpaired) electrons. The molecule has 1 atom stereocenters. The van der Waals surface area contributed by atoms with Crippen molar-refractivity contribution in [3.05, 3.63) is 77.7 Å². The van der Waals surface area contributed by atoms with Crippen LogP contribution in [0.3, 0.4) is 0 Å². The molecule has 1 heterocycles. The summed E-state index contributed by atoms with van der Waals surface area (Å²) in [6.45, 7) is 3.21. The third kappa shape index (κ3) is 4.58. The molecule has 0 aliphatic heterocycles. The van der Waals surface area contributed by atoms with Crippen molar-refractivity contribution in [2.75, 3.05) is 13.7 Å². The largest absolute Gasteiger partial charge is 0.495 e. The van der Waals surface area contributed by atoms with E-state index in [0.717, 1.165) is 11.1 Å². The number of ether oxygens (including phenoxy) is 1. The molecule has 0 amide bonds. The summed E-state index contributed by atoms with van der Waals surface area (Å²) in [5.41, 5.74) is 1.64. The van der Waals surface area contributed by atoms with Crippen molar-refractivity contribution < 1.29 is 26.0 Å². The molecule has 1 N–H and O–H groups in total. The maximum absolute atomic E-state index is 13.3. The van der Waals surface area contributed by atoms with Crippen LogP contribution < -0.4 is 9.46 Å². The lowest BCUT2D eigenvalue weighted by Crippen LogP contribution is -2.32. The average molecular weight is 450 g/mol. The topological polar surface area (TPSA) is 103 Å². The molecule has 9 heteroatoms. The minimum Gasteiger partial charge on any atom is -0.495 e. The van der Waals surface area contributed by atoms with Gasteiger partial charge in [0.05, 0.1) is 18.3 Å². The number of furan rings is 1. The zero-order chi connectivity index (χ0) is 21.9. The molecule has 0 saturated carbocycles. The van der Waals surface area contributed by atoms with E-state index in [9.17, 15) is 16.8 Å². The summed E-state index contributed by atoms with van der Waals surface area (Å²) in [6, 6.07) is 14.2. The van der Waals surface area contributed by atoms with Crippen LogP contribution in [0.25, 0.3) is 0 Å². The van der Waals surface area contributed by atoms with Gasteiger partial charge in [0.1, 0.15) is 21.7 Å². The molecular formula is C21H23NO6S2. The van der Waals surface area contributed by atoms with Gasteiger partial charge in [-0.1, -0.05) is 23.8 Å². The number of rotatable bonds is 8. The van der Waals surface area contributed by atoms with Gasteiger partial charge >= 0.3 is 0 Å². The number of methoxy groups -OCH3 is 1. The van der Waals surface area contributed by atoms with Gasteiger partial charge in [-0.2, -0.15) is 0 Å². The van der Waals surface area contributed by atoms with Gasteiger partial charge in [-0.3, -0.25) is 0 Å². The van der Waals surface area contributed by atoms with E-state index >= 15 is 0 Å². The molecule has 3 rings (SSSR count). The Hall–Kier alpha value is -2.62. The molecule has 0 aliphatic rings. The zero-order valence-electron chi connectivity index (χ0n) is 16.8. The molecule has 0 aliphatic carbocycles. The molecule has 0 fully saturated rings. The van der Waals surface area contributed by atoms with Crippen LogP contribution in [0.5, 0.6) is 5.75 Å². The molecule has 7 nitrogen and oxygen atoms in total. The van der Waals surface area contributed by atoms with Crippen molar-refractivity contribution >= 4 is 19.9 Å². The maximum atomic E-state index is 13.3. The third-order valence-electron chi connectivity index (χ3n) is 4.65. The Labute approximate surface area is 176 Å². The molecule has 160 valence electrons. The van der Waals surface area contributed by atoms with Crippen molar-refractivity contribution in [2.24, 2.45) is 0 Å². The first-order valence-electron chi connectivity index (χ1n) is 9.13. The summed E-state index contributed by atoms with van der Waals surface area (Å²) in [4.78, 5) is 0.0257.